The van der Waals surface area contributed by atoms with Crippen LogP contribution in [0.15, 0.2) is 23.7 Å². The fraction of sp³-hybridized carbons (Fsp3) is 0.333. The molecule has 0 amide bonds. The Balaban J connectivity index is 2.08. The Bertz CT molecular complexity index is 464. The van der Waals surface area contributed by atoms with Crippen molar-refractivity contribution in [3.8, 4) is 0 Å². The molecule has 0 aliphatic heterocycles. The normalized spacial score (nSPS) is 12.7. The molecule has 0 saturated heterocycles. The van der Waals surface area contributed by atoms with Crippen LogP contribution in [0.1, 0.15) is 28.1 Å². The Morgan fingerprint density at radius 1 is 1.38 bits per heavy atom. The SMILES string of the molecule is Cc1ccc(C(O)Cc2csc(C)n2)nc1. The first-order chi connectivity index (χ1) is 7.65. The Kier molecular flexibility index (Phi) is 3.31. The Morgan fingerprint density at radius 3 is 2.75 bits per heavy atom. The van der Waals surface area contributed by atoms with E-state index >= 15 is 0 Å². The quantitative estimate of drug-likeness (QED) is 0.887. The highest BCUT2D eigenvalue weighted by atomic mass is 32.1. The van der Waals surface area contributed by atoms with Crippen molar-refractivity contribution in [2.24, 2.45) is 0 Å². The lowest BCUT2D eigenvalue weighted by atomic mass is 10.1. The summed E-state index contributed by atoms with van der Waals surface area (Å²) >= 11 is 1.60. The molecule has 0 radical (unpaired) electrons. The van der Waals surface area contributed by atoms with Gasteiger partial charge in [-0.3, -0.25) is 4.98 Å². The van der Waals surface area contributed by atoms with E-state index in [0.717, 1.165) is 16.3 Å². The maximum absolute atomic E-state index is 9.98. The number of hydrogen-bond acceptors (Lipinski definition) is 4. The van der Waals surface area contributed by atoms with Crippen LogP contribution in [0.5, 0.6) is 0 Å². The van der Waals surface area contributed by atoms with E-state index in [0.29, 0.717) is 12.1 Å². The zero-order chi connectivity index (χ0) is 11.5. The molecule has 1 unspecified atom stereocenters. The molecule has 0 aromatic carbocycles. The minimum atomic E-state index is -0.568. The molecule has 84 valence electrons. The van der Waals surface area contributed by atoms with Crippen molar-refractivity contribution in [3.63, 3.8) is 0 Å². The molecule has 4 heteroatoms. The zero-order valence-electron chi connectivity index (χ0n) is 9.34. The number of nitrogens with zero attached hydrogens (tertiary/aromatic N) is 2. The van der Waals surface area contributed by atoms with Gasteiger partial charge >= 0.3 is 0 Å². The second-order valence-electron chi connectivity index (χ2n) is 3.84. The van der Waals surface area contributed by atoms with E-state index in [2.05, 4.69) is 9.97 Å². The highest BCUT2D eigenvalue weighted by Gasteiger charge is 2.11. The standard InChI is InChI=1S/C12H14N2OS/c1-8-3-4-11(13-6-8)12(15)5-10-7-16-9(2)14-10/h3-4,6-7,12,15H,5H2,1-2H3. The lowest BCUT2D eigenvalue weighted by Crippen LogP contribution is -2.04. The molecule has 0 spiro atoms. The second kappa shape index (κ2) is 4.72. The first-order valence-electron chi connectivity index (χ1n) is 5.17. The fourth-order valence-electron chi connectivity index (χ4n) is 1.48. The van der Waals surface area contributed by atoms with Crippen LogP contribution in [-0.4, -0.2) is 15.1 Å². The lowest BCUT2D eigenvalue weighted by Gasteiger charge is -2.08. The van der Waals surface area contributed by atoms with E-state index < -0.39 is 6.10 Å². The minimum Gasteiger partial charge on any atom is -0.386 e. The predicted molar refractivity (Wildman–Crippen MR) is 64.5 cm³/mol. The topological polar surface area (TPSA) is 46.0 Å². The van der Waals surface area contributed by atoms with Gasteiger partial charge in [0.15, 0.2) is 0 Å². The molecular weight excluding hydrogens is 220 g/mol. The maximum Gasteiger partial charge on any atom is 0.101 e. The van der Waals surface area contributed by atoms with Crippen molar-refractivity contribution < 1.29 is 5.11 Å². The molecule has 0 fully saturated rings. The largest absolute Gasteiger partial charge is 0.386 e. The lowest BCUT2D eigenvalue weighted by molar-refractivity contribution is 0.172. The van der Waals surface area contributed by atoms with Crippen molar-refractivity contribution in [1.29, 1.82) is 0 Å². The van der Waals surface area contributed by atoms with Gasteiger partial charge in [0.05, 0.1) is 16.4 Å². The van der Waals surface area contributed by atoms with E-state index in [-0.39, 0.29) is 0 Å². The minimum absolute atomic E-state index is 0.528. The average molecular weight is 234 g/mol. The van der Waals surface area contributed by atoms with E-state index in [1.807, 2.05) is 31.4 Å². The number of thiazole rings is 1. The number of aliphatic hydroxyl groups excluding tert-OH is 1. The highest BCUT2D eigenvalue weighted by Crippen LogP contribution is 2.18. The van der Waals surface area contributed by atoms with Gasteiger partial charge in [-0.2, -0.15) is 0 Å². The molecule has 2 heterocycles. The average Bonchev–Trinajstić information content (AvgIpc) is 2.65. The van der Waals surface area contributed by atoms with Crippen LogP contribution in [0.4, 0.5) is 0 Å². The fourth-order valence-corrected chi connectivity index (χ4v) is 2.11. The van der Waals surface area contributed by atoms with Gasteiger partial charge in [-0.25, -0.2) is 4.98 Å². The summed E-state index contributed by atoms with van der Waals surface area (Å²) in [6.07, 6.45) is 1.73. The molecule has 1 atom stereocenters. The van der Waals surface area contributed by atoms with Crippen LogP contribution >= 0.6 is 11.3 Å². The summed E-state index contributed by atoms with van der Waals surface area (Å²) in [5.41, 5.74) is 2.73. The van der Waals surface area contributed by atoms with E-state index in [9.17, 15) is 5.11 Å². The second-order valence-corrected chi connectivity index (χ2v) is 4.90. The van der Waals surface area contributed by atoms with Gasteiger partial charge in [0.25, 0.3) is 0 Å². The van der Waals surface area contributed by atoms with E-state index in [1.54, 1.807) is 17.5 Å². The molecule has 2 rings (SSSR count). The van der Waals surface area contributed by atoms with Crippen molar-refractivity contribution >= 4 is 11.3 Å². The summed E-state index contributed by atoms with van der Waals surface area (Å²) in [7, 11) is 0. The summed E-state index contributed by atoms with van der Waals surface area (Å²) < 4.78 is 0. The predicted octanol–water partition coefficient (Wildman–Crippen LogP) is 2.43. The van der Waals surface area contributed by atoms with Crippen LogP contribution in [0.25, 0.3) is 0 Å². The molecule has 0 aliphatic rings. The molecule has 0 saturated carbocycles. The number of hydrogen-bond donors (Lipinski definition) is 1. The molecule has 2 aromatic heterocycles. The Labute approximate surface area is 98.8 Å². The summed E-state index contributed by atoms with van der Waals surface area (Å²) in [4.78, 5) is 8.53. The third kappa shape index (κ3) is 2.65. The molecule has 2 aromatic rings. The summed E-state index contributed by atoms with van der Waals surface area (Å²) in [6, 6.07) is 3.82. The summed E-state index contributed by atoms with van der Waals surface area (Å²) in [5, 5.41) is 13.0. The van der Waals surface area contributed by atoms with Gasteiger partial charge in [-0.05, 0) is 25.5 Å². The zero-order valence-corrected chi connectivity index (χ0v) is 10.2. The van der Waals surface area contributed by atoms with Crippen LogP contribution in [0, 0.1) is 13.8 Å². The van der Waals surface area contributed by atoms with E-state index in [4.69, 9.17) is 0 Å². The molecule has 0 bridgehead atoms. The number of aromatic nitrogens is 2. The summed E-state index contributed by atoms with van der Waals surface area (Å²) in [6.45, 7) is 3.94. The third-order valence-corrected chi connectivity index (χ3v) is 3.17. The van der Waals surface area contributed by atoms with Gasteiger partial charge in [0.2, 0.25) is 0 Å². The molecule has 1 N–H and O–H groups in total. The molecular formula is C12H14N2OS. The Morgan fingerprint density at radius 2 is 2.19 bits per heavy atom. The van der Waals surface area contributed by atoms with Crippen LogP contribution in [0.2, 0.25) is 0 Å². The number of pyridine rings is 1. The first-order valence-corrected chi connectivity index (χ1v) is 6.05. The van der Waals surface area contributed by atoms with Gasteiger partial charge in [0, 0.05) is 18.0 Å². The highest BCUT2D eigenvalue weighted by molar-refractivity contribution is 7.09. The van der Waals surface area contributed by atoms with Gasteiger partial charge < -0.3 is 5.11 Å². The van der Waals surface area contributed by atoms with Gasteiger partial charge in [-0.1, -0.05) is 6.07 Å². The number of aryl methyl sites for hydroxylation is 2. The Hall–Kier alpha value is -1.26. The van der Waals surface area contributed by atoms with Crippen LogP contribution in [0.3, 0.4) is 0 Å². The van der Waals surface area contributed by atoms with Crippen molar-refractivity contribution in [2.45, 2.75) is 26.4 Å². The van der Waals surface area contributed by atoms with Gasteiger partial charge in [-0.15, -0.1) is 11.3 Å². The van der Waals surface area contributed by atoms with E-state index in [1.165, 1.54) is 0 Å². The summed E-state index contributed by atoms with van der Waals surface area (Å²) in [5.74, 6) is 0. The van der Waals surface area contributed by atoms with Crippen molar-refractivity contribution in [2.75, 3.05) is 0 Å². The molecule has 3 nitrogen and oxygen atoms in total. The smallest absolute Gasteiger partial charge is 0.101 e. The third-order valence-electron chi connectivity index (χ3n) is 2.34. The van der Waals surface area contributed by atoms with Gasteiger partial charge in [0.1, 0.15) is 6.10 Å². The molecule has 16 heavy (non-hydrogen) atoms. The van der Waals surface area contributed by atoms with Crippen LogP contribution < -0.4 is 0 Å². The number of aliphatic hydroxyl groups is 1. The monoisotopic (exact) mass is 234 g/mol. The van der Waals surface area contributed by atoms with Crippen molar-refractivity contribution in [1.82, 2.24) is 9.97 Å². The van der Waals surface area contributed by atoms with Crippen LogP contribution in [-0.2, 0) is 6.42 Å². The number of rotatable bonds is 3. The first kappa shape index (κ1) is 11.2. The van der Waals surface area contributed by atoms with Crippen molar-refractivity contribution in [3.05, 3.63) is 45.7 Å². The maximum atomic E-state index is 9.98. The molecule has 0 aliphatic carbocycles.